The molecule has 0 spiro atoms. The molecule has 7 heteroatoms. The number of halogens is 2. The van der Waals surface area contributed by atoms with Gasteiger partial charge in [-0.05, 0) is 24.3 Å². The summed E-state index contributed by atoms with van der Waals surface area (Å²) in [5, 5.41) is 14.4. The van der Waals surface area contributed by atoms with Crippen molar-refractivity contribution < 1.29 is 14.3 Å². The summed E-state index contributed by atoms with van der Waals surface area (Å²) < 4.78 is 6.41. The van der Waals surface area contributed by atoms with Crippen molar-refractivity contribution in [1.82, 2.24) is 9.78 Å². The number of furan rings is 1. The average Bonchev–Trinajstić information content (AvgIpc) is 3.09. The second-order valence-corrected chi connectivity index (χ2v) is 5.07. The van der Waals surface area contributed by atoms with Crippen LogP contribution >= 0.6 is 23.2 Å². The number of rotatable bonds is 3. The van der Waals surface area contributed by atoms with E-state index < -0.39 is 5.97 Å². The molecular formula is C14H8Cl2N2O3. The van der Waals surface area contributed by atoms with Crippen LogP contribution in [0.3, 0.4) is 0 Å². The van der Waals surface area contributed by atoms with Gasteiger partial charge in [-0.2, -0.15) is 5.10 Å². The molecule has 0 aliphatic rings. The number of nitrogens with zero attached hydrogens (tertiary/aromatic N) is 2. The summed E-state index contributed by atoms with van der Waals surface area (Å²) in [6.07, 6.45) is 4.32. The molecule has 3 aromatic rings. The minimum Gasteiger partial charge on any atom is -0.478 e. The van der Waals surface area contributed by atoms with Crippen molar-refractivity contribution >= 4 is 29.2 Å². The predicted octanol–water partition coefficient (Wildman–Crippen LogP) is 4.14. The van der Waals surface area contributed by atoms with Gasteiger partial charge in [-0.1, -0.05) is 23.2 Å². The van der Waals surface area contributed by atoms with Gasteiger partial charge >= 0.3 is 5.97 Å². The van der Waals surface area contributed by atoms with Gasteiger partial charge in [0, 0.05) is 11.8 Å². The van der Waals surface area contributed by atoms with Crippen LogP contribution in [0.15, 0.2) is 47.4 Å². The lowest BCUT2D eigenvalue weighted by molar-refractivity contribution is 0.0697. The quantitative estimate of drug-likeness (QED) is 0.786. The number of carbonyl (C=O) groups is 1. The molecule has 0 fully saturated rings. The molecule has 0 saturated carbocycles. The molecule has 0 atom stereocenters. The van der Waals surface area contributed by atoms with Crippen molar-refractivity contribution in [1.29, 1.82) is 0 Å². The summed E-state index contributed by atoms with van der Waals surface area (Å²) in [4.78, 5) is 11.4. The van der Waals surface area contributed by atoms with E-state index in [2.05, 4.69) is 5.10 Å². The topological polar surface area (TPSA) is 68.3 Å². The van der Waals surface area contributed by atoms with E-state index in [0.29, 0.717) is 27.0 Å². The first kappa shape index (κ1) is 13.7. The number of hydrogen-bond donors (Lipinski definition) is 1. The fourth-order valence-corrected chi connectivity index (χ4v) is 2.20. The second-order valence-electron chi connectivity index (χ2n) is 4.25. The van der Waals surface area contributed by atoms with E-state index in [1.54, 1.807) is 24.3 Å². The summed E-state index contributed by atoms with van der Waals surface area (Å²) in [5.41, 5.74) is 1.60. The molecule has 0 aliphatic carbocycles. The van der Waals surface area contributed by atoms with Crippen molar-refractivity contribution in [2.24, 2.45) is 0 Å². The highest BCUT2D eigenvalue weighted by atomic mass is 35.5. The van der Waals surface area contributed by atoms with Gasteiger partial charge in [0.25, 0.3) is 0 Å². The summed E-state index contributed by atoms with van der Waals surface area (Å²) in [6, 6.07) is 6.58. The fraction of sp³-hybridized carbons (Fsp3) is 0. The SMILES string of the molecule is O=C(O)c1cn(-c2ccc(Cl)c(Cl)c2)nc1-c1ccoc1. The van der Waals surface area contributed by atoms with Crippen LogP contribution in [-0.2, 0) is 0 Å². The molecule has 1 N–H and O–H groups in total. The third-order valence-corrected chi connectivity index (χ3v) is 3.65. The highest BCUT2D eigenvalue weighted by Crippen LogP contribution is 2.27. The van der Waals surface area contributed by atoms with E-state index in [1.165, 1.54) is 23.4 Å². The minimum atomic E-state index is -1.07. The molecule has 1 aromatic carbocycles. The third-order valence-electron chi connectivity index (χ3n) is 2.91. The number of benzene rings is 1. The van der Waals surface area contributed by atoms with E-state index in [0.717, 1.165) is 0 Å². The van der Waals surface area contributed by atoms with Crippen LogP contribution in [0.25, 0.3) is 16.9 Å². The van der Waals surface area contributed by atoms with Crippen LogP contribution in [0.5, 0.6) is 0 Å². The highest BCUT2D eigenvalue weighted by molar-refractivity contribution is 6.42. The Morgan fingerprint density at radius 3 is 2.67 bits per heavy atom. The number of hydrogen-bond acceptors (Lipinski definition) is 3. The molecule has 0 unspecified atom stereocenters. The van der Waals surface area contributed by atoms with Crippen molar-refractivity contribution in [3.8, 4) is 16.9 Å². The molecule has 2 aromatic heterocycles. The maximum Gasteiger partial charge on any atom is 0.339 e. The minimum absolute atomic E-state index is 0.0717. The van der Waals surface area contributed by atoms with Crippen molar-refractivity contribution in [2.75, 3.05) is 0 Å². The molecule has 0 amide bonds. The Morgan fingerprint density at radius 1 is 1.24 bits per heavy atom. The van der Waals surface area contributed by atoms with Gasteiger partial charge in [0.1, 0.15) is 11.3 Å². The molecule has 21 heavy (non-hydrogen) atoms. The lowest BCUT2D eigenvalue weighted by atomic mass is 10.1. The van der Waals surface area contributed by atoms with Crippen LogP contribution in [0.2, 0.25) is 10.0 Å². The number of carboxylic acid groups (broad SMARTS) is 1. The summed E-state index contributed by atoms with van der Waals surface area (Å²) in [7, 11) is 0. The summed E-state index contributed by atoms with van der Waals surface area (Å²) in [5.74, 6) is -1.07. The maximum absolute atomic E-state index is 11.4. The first-order valence-corrected chi connectivity index (χ1v) is 6.63. The largest absolute Gasteiger partial charge is 0.478 e. The highest BCUT2D eigenvalue weighted by Gasteiger charge is 2.18. The number of aromatic carboxylic acids is 1. The Morgan fingerprint density at radius 2 is 2.05 bits per heavy atom. The monoisotopic (exact) mass is 322 g/mol. The van der Waals surface area contributed by atoms with Crippen LogP contribution in [0, 0.1) is 0 Å². The van der Waals surface area contributed by atoms with Gasteiger partial charge in [0.2, 0.25) is 0 Å². The van der Waals surface area contributed by atoms with Crippen LogP contribution < -0.4 is 0 Å². The van der Waals surface area contributed by atoms with Crippen molar-refractivity contribution in [3.63, 3.8) is 0 Å². The molecule has 2 heterocycles. The summed E-state index contributed by atoms with van der Waals surface area (Å²) >= 11 is 11.8. The van der Waals surface area contributed by atoms with E-state index in [9.17, 15) is 9.90 Å². The van der Waals surface area contributed by atoms with Gasteiger partial charge in [0.05, 0.1) is 28.3 Å². The Kier molecular flexibility index (Phi) is 3.45. The standard InChI is InChI=1S/C14H8Cl2N2O3/c15-11-2-1-9(5-12(11)16)18-6-10(14(19)20)13(17-18)8-3-4-21-7-8/h1-7H,(H,19,20). The van der Waals surface area contributed by atoms with Crippen molar-refractivity contribution in [2.45, 2.75) is 0 Å². The zero-order valence-corrected chi connectivity index (χ0v) is 12.0. The van der Waals surface area contributed by atoms with E-state index in [1.807, 2.05) is 0 Å². The normalized spacial score (nSPS) is 10.8. The molecule has 0 radical (unpaired) electrons. The zero-order valence-electron chi connectivity index (χ0n) is 10.5. The first-order chi connectivity index (χ1) is 10.1. The Bertz CT molecular complexity index is 810. The Balaban J connectivity index is 2.14. The molecule has 0 bridgehead atoms. The van der Waals surface area contributed by atoms with E-state index in [4.69, 9.17) is 27.6 Å². The van der Waals surface area contributed by atoms with Crippen LogP contribution in [0.4, 0.5) is 0 Å². The molecule has 3 rings (SSSR count). The maximum atomic E-state index is 11.4. The fourth-order valence-electron chi connectivity index (χ4n) is 1.90. The Labute approximate surface area is 129 Å². The van der Waals surface area contributed by atoms with Crippen LogP contribution in [0.1, 0.15) is 10.4 Å². The van der Waals surface area contributed by atoms with Gasteiger partial charge < -0.3 is 9.52 Å². The van der Waals surface area contributed by atoms with Gasteiger partial charge in [0.15, 0.2) is 0 Å². The van der Waals surface area contributed by atoms with Gasteiger partial charge in [-0.25, -0.2) is 9.48 Å². The lowest BCUT2D eigenvalue weighted by Gasteiger charge is -2.02. The second kappa shape index (κ2) is 5.27. The average molecular weight is 323 g/mol. The number of carboxylic acids is 1. The summed E-state index contributed by atoms with van der Waals surface area (Å²) in [6.45, 7) is 0. The molecule has 0 aliphatic heterocycles. The molecule has 5 nitrogen and oxygen atoms in total. The van der Waals surface area contributed by atoms with E-state index >= 15 is 0 Å². The lowest BCUT2D eigenvalue weighted by Crippen LogP contribution is -1.96. The zero-order chi connectivity index (χ0) is 15.0. The number of aromatic nitrogens is 2. The first-order valence-electron chi connectivity index (χ1n) is 5.87. The predicted molar refractivity (Wildman–Crippen MR) is 78.2 cm³/mol. The van der Waals surface area contributed by atoms with Gasteiger partial charge in [-0.15, -0.1) is 0 Å². The van der Waals surface area contributed by atoms with Crippen molar-refractivity contribution in [3.05, 3.63) is 58.6 Å². The Hall–Kier alpha value is -2.24. The third kappa shape index (κ3) is 2.53. The van der Waals surface area contributed by atoms with Gasteiger partial charge in [-0.3, -0.25) is 0 Å². The van der Waals surface area contributed by atoms with E-state index in [-0.39, 0.29) is 5.56 Å². The smallest absolute Gasteiger partial charge is 0.339 e. The molecule has 0 saturated heterocycles. The van der Waals surface area contributed by atoms with Crippen LogP contribution in [-0.4, -0.2) is 20.9 Å². The molecule has 106 valence electrons. The molecular weight excluding hydrogens is 315 g/mol.